The maximum Gasteiger partial charge on any atom is 0.472 e. The van der Waals surface area contributed by atoms with Crippen LogP contribution in [0, 0.1) is 0 Å². The molecule has 0 spiro atoms. The summed E-state index contributed by atoms with van der Waals surface area (Å²) in [6.45, 7) is 2.69. The maximum atomic E-state index is 12.6. The molecule has 0 aromatic carbocycles. The molecule has 0 bridgehead atoms. The van der Waals surface area contributed by atoms with E-state index in [1.807, 2.05) is 0 Å². The number of unbranched alkanes of at least 4 members (excludes halogenated alkanes) is 15. The van der Waals surface area contributed by atoms with Crippen LogP contribution in [0.2, 0.25) is 0 Å². The Morgan fingerprint density at radius 3 is 1.45 bits per heavy atom. The van der Waals surface area contributed by atoms with Gasteiger partial charge in [0.1, 0.15) is 12.6 Å². The lowest BCUT2D eigenvalue weighted by Crippen LogP contribution is -2.34. The van der Waals surface area contributed by atoms with Crippen LogP contribution in [0.3, 0.4) is 0 Å². The Morgan fingerprint density at radius 2 is 0.946 bits per heavy atom. The lowest BCUT2D eigenvalue weighted by atomic mass is 10.1. The maximum absolute atomic E-state index is 12.6. The van der Waals surface area contributed by atoms with E-state index in [-0.39, 0.29) is 19.4 Å². The predicted octanol–water partition coefficient (Wildman–Crippen LogP) is 11.2. The molecule has 0 amide bonds. The van der Waals surface area contributed by atoms with Gasteiger partial charge in [-0.05, 0) is 83.5 Å². The number of carbonyl (C=O) groups excluding carboxylic acids is 2. The van der Waals surface area contributed by atoms with Crippen molar-refractivity contribution in [2.75, 3.05) is 19.8 Å². The fraction of sp³-hybridized carbons (Fsp3) is 0.705. The SMILES string of the molecule is CCCCC/C=C/C/C=C/C/C=C/CCCCC(=O)OC[C@H](COP(=O)(O)OC[C@H](N)C(=O)O)OC(=O)CCCCCCCCC/C=C/C/C=C/CCCCC. The summed E-state index contributed by atoms with van der Waals surface area (Å²) in [5.41, 5.74) is 5.33. The van der Waals surface area contributed by atoms with Gasteiger partial charge in [0.05, 0.1) is 13.2 Å². The topological polar surface area (TPSA) is 172 Å². The molecule has 56 heavy (non-hydrogen) atoms. The Labute approximate surface area is 338 Å². The Hall–Kier alpha value is -2.82. The second-order valence-electron chi connectivity index (χ2n) is 14.1. The highest BCUT2D eigenvalue weighted by Gasteiger charge is 2.28. The Morgan fingerprint density at radius 1 is 0.554 bits per heavy atom. The van der Waals surface area contributed by atoms with Crippen molar-refractivity contribution in [3.8, 4) is 0 Å². The van der Waals surface area contributed by atoms with Crippen molar-refractivity contribution in [1.82, 2.24) is 0 Å². The van der Waals surface area contributed by atoms with Crippen molar-refractivity contribution in [2.45, 2.75) is 180 Å². The van der Waals surface area contributed by atoms with Crippen molar-refractivity contribution in [3.63, 3.8) is 0 Å². The number of hydrogen-bond donors (Lipinski definition) is 3. The number of hydrogen-bond acceptors (Lipinski definition) is 9. The molecular weight excluding hydrogens is 733 g/mol. The van der Waals surface area contributed by atoms with Crippen molar-refractivity contribution in [2.24, 2.45) is 5.73 Å². The van der Waals surface area contributed by atoms with E-state index in [2.05, 4.69) is 79.1 Å². The first-order valence-corrected chi connectivity index (χ1v) is 22.8. The largest absolute Gasteiger partial charge is 0.480 e. The minimum Gasteiger partial charge on any atom is -0.480 e. The quantitative estimate of drug-likeness (QED) is 0.0233. The van der Waals surface area contributed by atoms with Gasteiger partial charge in [-0.15, -0.1) is 0 Å². The van der Waals surface area contributed by atoms with Gasteiger partial charge < -0.3 is 25.2 Å². The number of rotatable bonds is 39. The minimum absolute atomic E-state index is 0.141. The first kappa shape index (κ1) is 53.2. The molecule has 11 nitrogen and oxygen atoms in total. The van der Waals surface area contributed by atoms with E-state index in [1.54, 1.807) is 0 Å². The first-order chi connectivity index (χ1) is 27.1. The van der Waals surface area contributed by atoms with Gasteiger partial charge in [-0.1, -0.05) is 132 Å². The van der Waals surface area contributed by atoms with Crippen LogP contribution in [0.15, 0.2) is 60.8 Å². The van der Waals surface area contributed by atoms with Gasteiger partial charge in [-0.2, -0.15) is 0 Å². The van der Waals surface area contributed by atoms with E-state index in [9.17, 15) is 23.8 Å². The highest BCUT2D eigenvalue weighted by Crippen LogP contribution is 2.43. The summed E-state index contributed by atoms with van der Waals surface area (Å²) >= 11 is 0. The van der Waals surface area contributed by atoms with Gasteiger partial charge in [-0.25, -0.2) is 4.57 Å². The molecule has 0 saturated carbocycles. The highest BCUT2D eigenvalue weighted by atomic mass is 31.2. The van der Waals surface area contributed by atoms with Crippen LogP contribution in [0.1, 0.15) is 168 Å². The summed E-state index contributed by atoms with van der Waals surface area (Å²) in [4.78, 5) is 45.9. The molecule has 0 aromatic heterocycles. The van der Waals surface area contributed by atoms with Crippen LogP contribution in [0.4, 0.5) is 0 Å². The molecule has 0 heterocycles. The van der Waals surface area contributed by atoms with Gasteiger partial charge in [-0.3, -0.25) is 23.4 Å². The summed E-state index contributed by atoms with van der Waals surface area (Å²) in [5, 5.41) is 8.88. The van der Waals surface area contributed by atoms with Crippen LogP contribution in [-0.2, 0) is 37.5 Å². The zero-order chi connectivity index (χ0) is 41.4. The lowest BCUT2D eigenvalue weighted by molar-refractivity contribution is -0.161. The zero-order valence-electron chi connectivity index (χ0n) is 34.7. The zero-order valence-corrected chi connectivity index (χ0v) is 35.6. The second-order valence-corrected chi connectivity index (χ2v) is 15.6. The third-order valence-corrected chi connectivity index (χ3v) is 9.69. The van der Waals surface area contributed by atoms with Crippen LogP contribution in [-0.4, -0.2) is 59.9 Å². The van der Waals surface area contributed by atoms with Crippen molar-refractivity contribution in [1.29, 1.82) is 0 Å². The average molecular weight is 810 g/mol. The molecule has 3 atom stereocenters. The summed E-state index contributed by atoms with van der Waals surface area (Å²) in [6, 6.07) is -1.53. The molecule has 4 N–H and O–H groups in total. The van der Waals surface area contributed by atoms with E-state index in [4.69, 9.17) is 24.8 Å². The standard InChI is InChI=1S/C44H76NO10P/c1-3-5-7-9-11-13-15-17-19-20-22-24-26-28-30-32-34-36-43(47)55-40(38-53-56(50,51)54-39-41(45)44(48)49)37-52-42(46)35-33-31-29-27-25-23-21-18-16-14-12-10-8-6-4-2/h11-14,17-19,21,25,27,40-41H,3-10,15-16,20,22-24,26,28-39,45H2,1-2H3,(H,48,49)(H,50,51)/b13-11+,14-12+,19-17+,21-18+,27-25+/t40-,41+/m1/s1. The molecule has 322 valence electrons. The molecule has 0 aliphatic carbocycles. The summed E-state index contributed by atoms with van der Waals surface area (Å²) < 4.78 is 32.6. The third kappa shape index (κ3) is 38.1. The third-order valence-electron chi connectivity index (χ3n) is 8.74. The Kier molecular flexibility index (Phi) is 37.1. The smallest absolute Gasteiger partial charge is 0.472 e. The molecule has 0 radical (unpaired) electrons. The molecule has 0 aliphatic rings. The van der Waals surface area contributed by atoms with Gasteiger partial charge in [0.15, 0.2) is 6.10 Å². The number of carbonyl (C=O) groups is 3. The number of aliphatic carboxylic acids is 1. The van der Waals surface area contributed by atoms with Gasteiger partial charge in [0, 0.05) is 12.8 Å². The average Bonchev–Trinajstić information content (AvgIpc) is 3.17. The van der Waals surface area contributed by atoms with Gasteiger partial charge in [0.25, 0.3) is 0 Å². The molecule has 0 fully saturated rings. The number of phosphoric acid groups is 1. The fourth-order valence-corrected chi connectivity index (χ4v) is 6.11. The van der Waals surface area contributed by atoms with Gasteiger partial charge >= 0.3 is 25.7 Å². The number of carboxylic acid groups (broad SMARTS) is 1. The van der Waals surface area contributed by atoms with Crippen LogP contribution < -0.4 is 5.73 Å². The van der Waals surface area contributed by atoms with E-state index < -0.39 is 51.1 Å². The van der Waals surface area contributed by atoms with E-state index in [0.717, 1.165) is 70.6 Å². The monoisotopic (exact) mass is 810 g/mol. The second kappa shape index (κ2) is 39.0. The van der Waals surface area contributed by atoms with Gasteiger partial charge in [0.2, 0.25) is 0 Å². The molecule has 0 rings (SSSR count). The molecule has 0 aliphatic heterocycles. The van der Waals surface area contributed by atoms with Crippen molar-refractivity contribution < 1.29 is 47.5 Å². The normalized spacial score (nSPS) is 14.4. The molecule has 0 saturated heterocycles. The molecular formula is C44H76NO10P. The van der Waals surface area contributed by atoms with Crippen molar-refractivity contribution >= 4 is 25.7 Å². The molecule has 1 unspecified atom stereocenters. The number of allylic oxidation sites excluding steroid dienone is 10. The van der Waals surface area contributed by atoms with Crippen molar-refractivity contribution in [3.05, 3.63) is 60.8 Å². The number of carboxylic acids is 1. The number of esters is 2. The number of nitrogens with two attached hydrogens (primary N) is 1. The summed E-state index contributed by atoms with van der Waals surface area (Å²) in [7, 11) is -4.73. The summed E-state index contributed by atoms with van der Waals surface area (Å²) in [6.07, 6.45) is 44.2. The molecule has 12 heteroatoms. The van der Waals surface area contributed by atoms with E-state index in [0.29, 0.717) is 12.8 Å². The Bertz CT molecular complexity index is 1180. The first-order valence-electron chi connectivity index (χ1n) is 21.3. The number of phosphoric ester groups is 1. The highest BCUT2D eigenvalue weighted by molar-refractivity contribution is 7.47. The Balaban J connectivity index is 4.46. The van der Waals surface area contributed by atoms with Crippen LogP contribution in [0.25, 0.3) is 0 Å². The predicted molar refractivity (Wildman–Crippen MR) is 226 cm³/mol. The minimum atomic E-state index is -4.73. The van der Waals surface area contributed by atoms with Crippen LogP contribution >= 0.6 is 7.82 Å². The van der Waals surface area contributed by atoms with E-state index in [1.165, 1.54) is 57.8 Å². The summed E-state index contributed by atoms with van der Waals surface area (Å²) in [5.74, 6) is -2.44. The van der Waals surface area contributed by atoms with Crippen LogP contribution in [0.5, 0.6) is 0 Å². The molecule has 0 aromatic rings. The lowest BCUT2D eigenvalue weighted by Gasteiger charge is -2.20. The number of ether oxygens (including phenoxy) is 2. The fourth-order valence-electron chi connectivity index (χ4n) is 5.34. The van der Waals surface area contributed by atoms with E-state index >= 15 is 0 Å².